The number of rotatable bonds is 6. The van der Waals surface area contributed by atoms with Crippen LogP contribution in [-0.2, 0) is 21.2 Å². The number of carbonyl (C=O) groups excluding carboxylic acids is 1. The van der Waals surface area contributed by atoms with E-state index in [2.05, 4.69) is 4.72 Å². The lowest BCUT2D eigenvalue weighted by molar-refractivity contribution is -0.122. The number of hydrogen-bond acceptors (Lipinski definition) is 4. The molecule has 0 unspecified atom stereocenters. The quantitative estimate of drug-likeness (QED) is 0.411. The van der Waals surface area contributed by atoms with Crippen LogP contribution in [0, 0.1) is 0 Å². The van der Waals surface area contributed by atoms with Crippen LogP contribution in [0.15, 0.2) is 65.6 Å². The molecule has 0 heterocycles. The van der Waals surface area contributed by atoms with Crippen molar-refractivity contribution in [3.63, 3.8) is 0 Å². The van der Waals surface area contributed by atoms with Crippen LogP contribution >= 0.6 is 0 Å². The van der Waals surface area contributed by atoms with Crippen molar-refractivity contribution in [2.24, 2.45) is 5.84 Å². The minimum atomic E-state index is -3.80. The molecular formula is C15H17N3O3S. The van der Waals surface area contributed by atoms with Gasteiger partial charge in [-0.1, -0.05) is 48.5 Å². The fourth-order valence-corrected chi connectivity index (χ4v) is 3.21. The molecule has 0 spiro atoms. The normalized spacial score (nSPS) is 12.6. The molecule has 0 saturated carbocycles. The van der Waals surface area contributed by atoms with E-state index < -0.39 is 22.0 Å². The molecule has 0 aliphatic rings. The van der Waals surface area contributed by atoms with E-state index in [4.69, 9.17) is 5.84 Å². The highest BCUT2D eigenvalue weighted by Crippen LogP contribution is 2.10. The van der Waals surface area contributed by atoms with E-state index in [1.54, 1.807) is 18.2 Å². The maximum absolute atomic E-state index is 12.3. The molecule has 6 nitrogen and oxygen atoms in total. The van der Waals surface area contributed by atoms with E-state index in [9.17, 15) is 13.2 Å². The number of amides is 1. The largest absolute Gasteiger partial charge is 0.293 e. The first-order chi connectivity index (χ1) is 10.5. The van der Waals surface area contributed by atoms with Crippen LogP contribution in [0.1, 0.15) is 5.56 Å². The van der Waals surface area contributed by atoms with E-state index in [-0.39, 0.29) is 11.3 Å². The highest BCUT2D eigenvalue weighted by molar-refractivity contribution is 7.89. The number of sulfonamides is 1. The highest BCUT2D eigenvalue weighted by atomic mass is 32.2. The molecule has 2 rings (SSSR count). The maximum atomic E-state index is 12.3. The van der Waals surface area contributed by atoms with E-state index in [1.807, 2.05) is 35.8 Å². The van der Waals surface area contributed by atoms with Crippen molar-refractivity contribution >= 4 is 15.9 Å². The molecule has 1 atom stereocenters. The molecule has 4 N–H and O–H groups in total. The van der Waals surface area contributed by atoms with Gasteiger partial charge in [-0.3, -0.25) is 10.2 Å². The fourth-order valence-electron chi connectivity index (χ4n) is 1.99. The van der Waals surface area contributed by atoms with Crippen molar-refractivity contribution < 1.29 is 13.2 Å². The van der Waals surface area contributed by atoms with Crippen LogP contribution in [0.5, 0.6) is 0 Å². The first-order valence-corrected chi connectivity index (χ1v) is 8.13. The first kappa shape index (κ1) is 16.2. The number of benzene rings is 2. The zero-order valence-electron chi connectivity index (χ0n) is 11.8. The molecule has 7 heteroatoms. The van der Waals surface area contributed by atoms with Crippen LogP contribution in [-0.4, -0.2) is 20.4 Å². The van der Waals surface area contributed by atoms with Crippen molar-refractivity contribution in [2.45, 2.75) is 17.4 Å². The number of nitrogens with one attached hydrogen (secondary N) is 2. The van der Waals surface area contributed by atoms with Gasteiger partial charge in [0, 0.05) is 0 Å². The monoisotopic (exact) mass is 319 g/mol. The summed E-state index contributed by atoms with van der Waals surface area (Å²) in [5.74, 6) is 4.56. The second kappa shape index (κ2) is 7.17. The molecule has 2 aromatic rings. The lowest BCUT2D eigenvalue weighted by Crippen LogP contribution is -2.49. The first-order valence-electron chi connectivity index (χ1n) is 6.64. The number of hydrazine groups is 1. The Bertz CT molecular complexity index is 718. The Balaban J connectivity index is 2.22. The predicted octanol–water partition coefficient (Wildman–Crippen LogP) is 0.566. The lowest BCUT2D eigenvalue weighted by Gasteiger charge is -2.17. The van der Waals surface area contributed by atoms with Crippen LogP contribution in [0.4, 0.5) is 0 Å². The van der Waals surface area contributed by atoms with Crippen LogP contribution < -0.4 is 16.0 Å². The van der Waals surface area contributed by atoms with Gasteiger partial charge in [-0.15, -0.1) is 0 Å². The average Bonchev–Trinajstić information content (AvgIpc) is 2.55. The Morgan fingerprint density at radius 1 is 1.00 bits per heavy atom. The summed E-state index contributed by atoms with van der Waals surface area (Å²) < 4.78 is 27.0. The molecule has 0 bridgehead atoms. The molecule has 2 aromatic carbocycles. The molecule has 0 aliphatic heterocycles. The van der Waals surface area contributed by atoms with Gasteiger partial charge < -0.3 is 0 Å². The summed E-state index contributed by atoms with van der Waals surface area (Å²) in [7, 11) is -3.80. The molecular weight excluding hydrogens is 302 g/mol. The lowest BCUT2D eigenvalue weighted by atomic mass is 10.1. The number of nitrogens with two attached hydrogens (primary N) is 1. The molecule has 0 aromatic heterocycles. The van der Waals surface area contributed by atoms with E-state index in [0.29, 0.717) is 0 Å². The molecule has 0 fully saturated rings. The van der Waals surface area contributed by atoms with Gasteiger partial charge in [-0.2, -0.15) is 4.72 Å². The van der Waals surface area contributed by atoms with Gasteiger partial charge >= 0.3 is 0 Å². The van der Waals surface area contributed by atoms with Gasteiger partial charge in [0.05, 0.1) is 4.90 Å². The summed E-state index contributed by atoms with van der Waals surface area (Å²) >= 11 is 0. The average molecular weight is 319 g/mol. The number of hydrogen-bond donors (Lipinski definition) is 3. The van der Waals surface area contributed by atoms with E-state index >= 15 is 0 Å². The fraction of sp³-hybridized carbons (Fsp3) is 0.133. The summed E-state index contributed by atoms with van der Waals surface area (Å²) in [5.41, 5.74) is 2.82. The summed E-state index contributed by atoms with van der Waals surface area (Å²) in [4.78, 5) is 12.0. The van der Waals surface area contributed by atoms with Crippen molar-refractivity contribution in [3.05, 3.63) is 66.2 Å². The predicted molar refractivity (Wildman–Crippen MR) is 83.0 cm³/mol. The Morgan fingerprint density at radius 3 is 2.09 bits per heavy atom. The number of carbonyl (C=O) groups is 1. The van der Waals surface area contributed by atoms with Crippen molar-refractivity contribution in [2.75, 3.05) is 0 Å². The smallest absolute Gasteiger partial charge is 0.252 e. The Hall–Kier alpha value is -2.22. The van der Waals surface area contributed by atoms with Crippen molar-refractivity contribution in [1.82, 2.24) is 10.1 Å². The second-order valence-electron chi connectivity index (χ2n) is 4.69. The summed E-state index contributed by atoms with van der Waals surface area (Å²) in [6.07, 6.45) is 0.204. The van der Waals surface area contributed by atoms with Gasteiger partial charge in [0.25, 0.3) is 5.91 Å². The second-order valence-corrected chi connectivity index (χ2v) is 6.40. The molecule has 1 amide bonds. The van der Waals surface area contributed by atoms with Gasteiger partial charge in [0.15, 0.2) is 0 Å². The van der Waals surface area contributed by atoms with E-state index in [1.165, 1.54) is 12.1 Å². The van der Waals surface area contributed by atoms with Crippen LogP contribution in [0.3, 0.4) is 0 Å². The molecule has 0 aliphatic carbocycles. The topological polar surface area (TPSA) is 101 Å². The van der Waals surface area contributed by atoms with Crippen LogP contribution in [0.25, 0.3) is 0 Å². The summed E-state index contributed by atoms with van der Waals surface area (Å²) in [5, 5.41) is 0. The Morgan fingerprint density at radius 2 is 1.55 bits per heavy atom. The minimum absolute atomic E-state index is 0.0953. The van der Waals surface area contributed by atoms with Crippen LogP contribution in [0.2, 0.25) is 0 Å². The molecule has 0 saturated heterocycles. The van der Waals surface area contributed by atoms with Gasteiger partial charge in [0.2, 0.25) is 10.0 Å². The van der Waals surface area contributed by atoms with Gasteiger partial charge in [0.1, 0.15) is 6.04 Å². The Labute approximate surface area is 129 Å². The third-order valence-corrected chi connectivity index (χ3v) is 4.58. The van der Waals surface area contributed by atoms with Crippen molar-refractivity contribution in [3.8, 4) is 0 Å². The molecule has 22 heavy (non-hydrogen) atoms. The SMILES string of the molecule is NNC(=O)[C@H](Cc1ccccc1)NS(=O)(=O)c1ccccc1. The molecule has 0 radical (unpaired) electrons. The summed E-state index contributed by atoms with van der Waals surface area (Å²) in [6.45, 7) is 0. The van der Waals surface area contributed by atoms with Gasteiger partial charge in [-0.05, 0) is 24.1 Å². The zero-order valence-corrected chi connectivity index (χ0v) is 12.6. The van der Waals surface area contributed by atoms with Gasteiger partial charge in [-0.25, -0.2) is 14.3 Å². The maximum Gasteiger partial charge on any atom is 0.252 e. The third kappa shape index (κ3) is 4.14. The Kier molecular flexibility index (Phi) is 5.26. The standard InChI is InChI=1S/C15H17N3O3S/c16-17-15(19)14(11-12-7-3-1-4-8-12)18-22(20,21)13-9-5-2-6-10-13/h1-10,14,18H,11,16H2,(H,17,19)/t14-/m0/s1. The highest BCUT2D eigenvalue weighted by Gasteiger charge is 2.25. The third-order valence-electron chi connectivity index (χ3n) is 3.09. The summed E-state index contributed by atoms with van der Waals surface area (Å²) in [6, 6.07) is 16.0. The van der Waals surface area contributed by atoms with Crippen molar-refractivity contribution in [1.29, 1.82) is 0 Å². The molecule has 116 valence electrons. The minimum Gasteiger partial charge on any atom is -0.293 e. The van der Waals surface area contributed by atoms with E-state index in [0.717, 1.165) is 5.56 Å². The zero-order chi connectivity index (χ0) is 16.0.